The van der Waals surface area contributed by atoms with E-state index in [1.54, 1.807) is 28.9 Å². The molecule has 0 N–H and O–H groups in total. The molecular formula is C20H20ClN3O2. The largest absolute Gasteiger partial charge is 0.490 e. The molecule has 4 rings (SSSR count). The summed E-state index contributed by atoms with van der Waals surface area (Å²) < 4.78 is 7.89. The molecule has 0 spiro atoms. The van der Waals surface area contributed by atoms with Crippen molar-refractivity contribution in [3.63, 3.8) is 0 Å². The smallest absolute Gasteiger partial charge is 0.274 e. The van der Waals surface area contributed by atoms with Gasteiger partial charge < -0.3 is 14.0 Å². The van der Waals surface area contributed by atoms with Gasteiger partial charge in [-0.1, -0.05) is 29.8 Å². The molecule has 1 aromatic carbocycles. The van der Waals surface area contributed by atoms with Crippen LogP contribution in [-0.2, 0) is 0 Å². The molecule has 0 atom stereocenters. The summed E-state index contributed by atoms with van der Waals surface area (Å²) in [4.78, 5) is 19.0. The predicted octanol–water partition coefficient (Wildman–Crippen LogP) is 3.98. The van der Waals surface area contributed by atoms with E-state index in [4.69, 9.17) is 16.3 Å². The van der Waals surface area contributed by atoms with E-state index in [-0.39, 0.29) is 12.0 Å². The van der Waals surface area contributed by atoms with E-state index in [9.17, 15) is 4.79 Å². The molecule has 0 aliphatic carbocycles. The van der Waals surface area contributed by atoms with Crippen LogP contribution in [0.25, 0.3) is 5.65 Å². The van der Waals surface area contributed by atoms with Crippen LogP contribution in [-0.4, -0.2) is 39.4 Å². The summed E-state index contributed by atoms with van der Waals surface area (Å²) in [5.74, 6) is 0.883. The van der Waals surface area contributed by atoms with Crippen LogP contribution in [0.15, 0.2) is 48.8 Å². The number of nitrogens with zero attached hydrogens (tertiary/aromatic N) is 3. The Balaban J connectivity index is 1.40. The van der Waals surface area contributed by atoms with Gasteiger partial charge in [-0.3, -0.25) is 4.79 Å². The molecule has 1 amide bonds. The average molecular weight is 370 g/mol. The number of hydrogen-bond acceptors (Lipinski definition) is 3. The number of imidazole rings is 1. The Hall–Kier alpha value is -2.53. The Morgan fingerprint density at radius 2 is 1.92 bits per heavy atom. The highest BCUT2D eigenvalue weighted by atomic mass is 35.5. The molecule has 134 valence electrons. The summed E-state index contributed by atoms with van der Waals surface area (Å²) in [5.41, 5.74) is 2.30. The molecule has 0 bridgehead atoms. The monoisotopic (exact) mass is 369 g/mol. The predicted molar refractivity (Wildman–Crippen MR) is 101 cm³/mol. The fourth-order valence-electron chi connectivity index (χ4n) is 3.27. The highest BCUT2D eigenvalue weighted by molar-refractivity contribution is 6.30. The molecule has 3 aromatic rings. The molecule has 26 heavy (non-hydrogen) atoms. The van der Waals surface area contributed by atoms with Crippen molar-refractivity contribution >= 4 is 23.2 Å². The first-order valence-electron chi connectivity index (χ1n) is 8.76. The van der Waals surface area contributed by atoms with Gasteiger partial charge in [0.1, 0.15) is 23.2 Å². The third-order valence-corrected chi connectivity index (χ3v) is 4.97. The van der Waals surface area contributed by atoms with Crippen LogP contribution in [0.4, 0.5) is 0 Å². The molecule has 1 aliphatic rings. The van der Waals surface area contributed by atoms with Gasteiger partial charge in [-0.15, -0.1) is 0 Å². The average Bonchev–Trinajstić information content (AvgIpc) is 3.07. The van der Waals surface area contributed by atoms with Crippen molar-refractivity contribution in [3.8, 4) is 5.75 Å². The Bertz CT molecular complexity index is 945. The van der Waals surface area contributed by atoms with Crippen LogP contribution in [0, 0.1) is 6.92 Å². The van der Waals surface area contributed by atoms with E-state index in [1.807, 2.05) is 36.1 Å². The molecule has 3 heterocycles. The van der Waals surface area contributed by atoms with Gasteiger partial charge in [0.25, 0.3) is 5.91 Å². The summed E-state index contributed by atoms with van der Waals surface area (Å²) in [6, 6.07) is 11.6. The molecule has 1 saturated heterocycles. The van der Waals surface area contributed by atoms with Crippen LogP contribution in [0.2, 0.25) is 5.02 Å². The minimum Gasteiger partial charge on any atom is -0.490 e. The van der Waals surface area contributed by atoms with Crippen molar-refractivity contribution in [1.82, 2.24) is 14.3 Å². The first-order chi connectivity index (χ1) is 12.6. The second-order valence-corrected chi connectivity index (χ2v) is 7.05. The first-order valence-corrected chi connectivity index (χ1v) is 9.14. The summed E-state index contributed by atoms with van der Waals surface area (Å²) in [7, 11) is 0. The highest BCUT2D eigenvalue weighted by Gasteiger charge is 2.26. The summed E-state index contributed by atoms with van der Waals surface area (Å²) in [6.07, 6.45) is 5.26. The molecule has 2 aromatic heterocycles. The summed E-state index contributed by atoms with van der Waals surface area (Å²) >= 11 is 5.99. The third kappa shape index (κ3) is 3.40. The number of carbonyl (C=O) groups is 1. The van der Waals surface area contributed by atoms with Crippen molar-refractivity contribution < 1.29 is 9.53 Å². The van der Waals surface area contributed by atoms with Crippen molar-refractivity contribution in [3.05, 3.63) is 65.1 Å². The van der Waals surface area contributed by atoms with Gasteiger partial charge in [-0.25, -0.2) is 4.98 Å². The number of pyridine rings is 1. The Morgan fingerprint density at radius 3 is 2.69 bits per heavy atom. The van der Waals surface area contributed by atoms with Crippen molar-refractivity contribution in [2.75, 3.05) is 13.1 Å². The topological polar surface area (TPSA) is 46.8 Å². The summed E-state index contributed by atoms with van der Waals surface area (Å²) in [5, 5.41) is 0.614. The molecule has 5 nitrogen and oxygen atoms in total. The third-order valence-electron chi connectivity index (χ3n) is 4.75. The van der Waals surface area contributed by atoms with E-state index in [0.717, 1.165) is 29.8 Å². The maximum absolute atomic E-state index is 12.7. The molecular weight excluding hydrogens is 350 g/mol. The molecule has 1 fully saturated rings. The zero-order valence-electron chi connectivity index (χ0n) is 14.6. The fraction of sp³-hybridized carbons (Fsp3) is 0.300. The van der Waals surface area contributed by atoms with Crippen LogP contribution in [0.5, 0.6) is 5.75 Å². The molecule has 6 heteroatoms. The Morgan fingerprint density at radius 1 is 1.15 bits per heavy atom. The van der Waals surface area contributed by atoms with Crippen molar-refractivity contribution in [1.29, 1.82) is 0 Å². The minimum atomic E-state index is -0.0424. The number of rotatable bonds is 3. The Labute approximate surface area is 157 Å². The number of ether oxygens (including phenoxy) is 1. The molecule has 0 unspecified atom stereocenters. The zero-order chi connectivity index (χ0) is 18.1. The van der Waals surface area contributed by atoms with Crippen LogP contribution in [0.3, 0.4) is 0 Å². The zero-order valence-corrected chi connectivity index (χ0v) is 15.3. The number of fused-ring (bicyclic) bond motifs is 1. The number of halogens is 1. The first kappa shape index (κ1) is 16.9. The quantitative estimate of drug-likeness (QED) is 0.701. The Kier molecular flexibility index (Phi) is 4.55. The van der Waals surface area contributed by atoms with Gasteiger partial charge in [-0.05, 0) is 30.7 Å². The van der Waals surface area contributed by atoms with Gasteiger partial charge in [0.2, 0.25) is 0 Å². The van der Waals surface area contributed by atoms with Gasteiger partial charge in [0, 0.05) is 38.3 Å². The minimum absolute atomic E-state index is 0.0424. The van der Waals surface area contributed by atoms with Gasteiger partial charge in [-0.2, -0.15) is 0 Å². The van der Waals surface area contributed by atoms with Crippen LogP contribution in [0.1, 0.15) is 28.9 Å². The maximum Gasteiger partial charge on any atom is 0.274 e. The summed E-state index contributed by atoms with van der Waals surface area (Å²) in [6.45, 7) is 3.39. The fourth-order valence-corrected chi connectivity index (χ4v) is 3.44. The van der Waals surface area contributed by atoms with E-state index >= 15 is 0 Å². The number of likely N-dealkylation sites (tertiary alicyclic amines) is 1. The number of aromatic nitrogens is 2. The number of para-hydroxylation sites is 1. The number of piperidine rings is 1. The lowest BCUT2D eigenvalue weighted by Gasteiger charge is -2.32. The van der Waals surface area contributed by atoms with E-state index in [0.29, 0.717) is 23.8 Å². The SMILES string of the molecule is Cc1ccccc1OC1CCN(C(=O)c2cn3cc(Cl)ccc3n2)CC1. The number of aryl methyl sites for hydroxylation is 1. The van der Waals surface area contributed by atoms with Gasteiger partial charge in [0.05, 0.1) is 5.02 Å². The molecule has 0 saturated carbocycles. The maximum atomic E-state index is 12.7. The number of carbonyl (C=O) groups excluding carboxylic acids is 1. The number of benzene rings is 1. The van der Waals surface area contributed by atoms with E-state index < -0.39 is 0 Å². The normalized spacial score (nSPS) is 15.4. The number of hydrogen-bond donors (Lipinski definition) is 0. The van der Waals surface area contributed by atoms with Crippen LogP contribution >= 0.6 is 11.6 Å². The van der Waals surface area contributed by atoms with E-state index in [2.05, 4.69) is 4.98 Å². The lowest BCUT2D eigenvalue weighted by molar-refractivity contribution is 0.0589. The molecule has 1 aliphatic heterocycles. The second kappa shape index (κ2) is 7.00. The number of amides is 1. The second-order valence-electron chi connectivity index (χ2n) is 6.61. The van der Waals surface area contributed by atoms with Crippen molar-refractivity contribution in [2.24, 2.45) is 0 Å². The molecule has 0 radical (unpaired) electrons. The van der Waals surface area contributed by atoms with Gasteiger partial charge in [0.15, 0.2) is 0 Å². The standard InChI is InChI=1S/C20H20ClN3O2/c1-14-4-2-3-5-18(14)26-16-8-10-23(11-9-16)20(25)17-13-24-12-15(21)6-7-19(24)22-17/h2-7,12-13,16H,8-11H2,1H3. The van der Waals surface area contributed by atoms with E-state index in [1.165, 1.54) is 0 Å². The van der Waals surface area contributed by atoms with Gasteiger partial charge >= 0.3 is 0 Å². The highest BCUT2D eigenvalue weighted by Crippen LogP contribution is 2.23. The lowest BCUT2D eigenvalue weighted by Crippen LogP contribution is -2.42. The van der Waals surface area contributed by atoms with Crippen LogP contribution < -0.4 is 4.74 Å². The lowest BCUT2D eigenvalue weighted by atomic mass is 10.1. The van der Waals surface area contributed by atoms with Crippen molar-refractivity contribution in [2.45, 2.75) is 25.9 Å².